The number of carbonyl (C=O) groups is 2. The van der Waals surface area contributed by atoms with Gasteiger partial charge in [0, 0.05) is 11.0 Å². The van der Waals surface area contributed by atoms with Gasteiger partial charge in [0.2, 0.25) is 0 Å². The van der Waals surface area contributed by atoms with E-state index in [2.05, 4.69) is 5.32 Å². The maximum atomic E-state index is 12.3. The third-order valence-electron chi connectivity index (χ3n) is 4.06. The van der Waals surface area contributed by atoms with Crippen molar-refractivity contribution in [2.45, 2.75) is 6.04 Å². The summed E-state index contributed by atoms with van der Waals surface area (Å²) in [6.45, 7) is -0.370. The van der Waals surface area contributed by atoms with Crippen molar-refractivity contribution in [2.24, 2.45) is 0 Å². The van der Waals surface area contributed by atoms with E-state index in [1.54, 1.807) is 41.7 Å². The molecule has 1 aromatic heterocycles. The van der Waals surface area contributed by atoms with E-state index in [9.17, 15) is 9.59 Å². The number of hydrogen-bond acceptors (Lipinski definition) is 5. The van der Waals surface area contributed by atoms with E-state index in [-0.39, 0.29) is 18.6 Å². The molecule has 0 radical (unpaired) electrons. The molecule has 0 saturated carbocycles. The molecule has 1 amide bonds. The minimum Gasteiger partial charge on any atom is -0.452 e. The van der Waals surface area contributed by atoms with Crippen LogP contribution in [0.4, 0.5) is 0 Å². The van der Waals surface area contributed by atoms with Crippen LogP contribution in [0.25, 0.3) is 6.08 Å². The fourth-order valence-corrected chi connectivity index (χ4v) is 3.44. The maximum Gasteiger partial charge on any atom is 0.331 e. The zero-order chi connectivity index (χ0) is 20.5. The summed E-state index contributed by atoms with van der Waals surface area (Å²) < 4.78 is 5.04. The number of hydrogen-bond donors (Lipinski definition) is 1. The van der Waals surface area contributed by atoms with Crippen LogP contribution in [0.2, 0.25) is 0 Å². The van der Waals surface area contributed by atoms with Gasteiger partial charge in [-0.2, -0.15) is 5.26 Å². The van der Waals surface area contributed by atoms with Crippen LogP contribution in [0.1, 0.15) is 27.6 Å². The molecule has 0 bridgehead atoms. The molecule has 5 nitrogen and oxygen atoms in total. The van der Waals surface area contributed by atoms with Crippen molar-refractivity contribution in [1.29, 1.82) is 5.26 Å². The van der Waals surface area contributed by atoms with Gasteiger partial charge in [0.05, 0.1) is 17.7 Å². The third kappa shape index (κ3) is 5.89. The van der Waals surface area contributed by atoms with Crippen LogP contribution < -0.4 is 5.32 Å². The lowest BCUT2D eigenvalue weighted by molar-refractivity contribution is -0.143. The molecule has 2 aromatic carbocycles. The second-order valence-corrected chi connectivity index (χ2v) is 7.08. The number of rotatable bonds is 7. The van der Waals surface area contributed by atoms with Crippen molar-refractivity contribution in [2.75, 3.05) is 6.61 Å². The highest BCUT2D eigenvalue weighted by molar-refractivity contribution is 7.10. The Kier molecular flexibility index (Phi) is 6.93. The van der Waals surface area contributed by atoms with Gasteiger partial charge in [-0.25, -0.2) is 4.79 Å². The largest absolute Gasteiger partial charge is 0.452 e. The molecule has 1 atom stereocenters. The molecule has 1 heterocycles. The van der Waals surface area contributed by atoms with Crippen LogP contribution >= 0.6 is 11.3 Å². The fraction of sp³-hybridized carbons (Fsp3) is 0.0870. The lowest BCUT2D eigenvalue weighted by Gasteiger charge is -2.18. The summed E-state index contributed by atoms with van der Waals surface area (Å²) in [5, 5.41) is 13.7. The van der Waals surface area contributed by atoms with Crippen molar-refractivity contribution >= 4 is 29.3 Å². The van der Waals surface area contributed by atoms with Gasteiger partial charge in [0.15, 0.2) is 6.61 Å². The second-order valence-electron chi connectivity index (χ2n) is 6.10. The quantitative estimate of drug-likeness (QED) is 0.477. The molecule has 144 valence electrons. The number of thiophene rings is 1. The minimum absolute atomic E-state index is 0.295. The molecule has 29 heavy (non-hydrogen) atoms. The normalized spacial score (nSPS) is 11.6. The molecule has 0 saturated heterocycles. The lowest BCUT2D eigenvalue weighted by atomic mass is 10.1. The zero-order valence-electron chi connectivity index (χ0n) is 15.4. The van der Waals surface area contributed by atoms with E-state index in [0.717, 1.165) is 16.0 Å². The maximum absolute atomic E-state index is 12.3. The number of nitrogens with zero attached hydrogens (tertiary/aromatic N) is 1. The number of esters is 1. The van der Waals surface area contributed by atoms with Crippen molar-refractivity contribution in [1.82, 2.24) is 5.32 Å². The highest BCUT2D eigenvalue weighted by Gasteiger charge is 2.18. The van der Waals surface area contributed by atoms with E-state index >= 15 is 0 Å². The first-order chi connectivity index (χ1) is 14.2. The Morgan fingerprint density at radius 1 is 1.07 bits per heavy atom. The van der Waals surface area contributed by atoms with Gasteiger partial charge in [0.1, 0.15) is 0 Å². The van der Waals surface area contributed by atoms with E-state index in [4.69, 9.17) is 10.00 Å². The van der Waals surface area contributed by atoms with Crippen LogP contribution in [-0.2, 0) is 14.3 Å². The van der Waals surface area contributed by atoms with Crippen LogP contribution in [0.15, 0.2) is 78.2 Å². The van der Waals surface area contributed by atoms with Gasteiger partial charge in [0.25, 0.3) is 5.91 Å². The molecule has 6 heteroatoms. The molecule has 0 aliphatic rings. The number of amides is 1. The van der Waals surface area contributed by atoms with E-state index in [0.29, 0.717) is 5.56 Å². The summed E-state index contributed by atoms with van der Waals surface area (Å²) in [4.78, 5) is 25.2. The zero-order valence-corrected chi connectivity index (χ0v) is 16.3. The Hall–Kier alpha value is -3.69. The van der Waals surface area contributed by atoms with Crippen LogP contribution in [0, 0.1) is 11.3 Å². The third-order valence-corrected chi connectivity index (χ3v) is 5.00. The average molecular weight is 402 g/mol. The predicted octanol–water partition coefficient (Wildman–Crippen LogP) is 4.08. The van der Waals surface area contributed by atoms with Crippen molar-refractivity contribution in [3.8, 4) is 6.07 Å². The highest BCUT2D eigenvalue weighted by atomic mass is 32.1. The number of nitrogens with one attached hydrogen (secondary N) is 1. The molecular weight excluding hydrogens is 384 g/mol. The highest BCUT2D eigenvalue weighted by Crippen LogP contribution is 2.25. The molecule has 0 aliphatic carbocycles. The van der Waals surface area contributed by atoms with Crippen LogP contribution in [0.3, 0.4) is 0 Å². The van der Waals surface area contributed by atoms with Gasteiger partial charge < -0.3 is 10.1 Å². The summed E-state index contributed by atoms with van der Waals surface area (Å²) in [5.41, 5.74) is 2.25. The molecule has 1 N–H and O–H groups in total. The fourth-order valence-electron chi connectivity index (χ4n) is 2.64. The van der Waals surface area contributed by atoms with Gasteiger partial charge in [-0.05, 0) is 40.8 Å². The molecule has 0 aliphatic heterocycles. The van der Waals surface area contributed by atoms with Gasteiger partial charge >= 0.3 is 5.97 Å². The van der Waals surface area contributed by atoms with Crippen molar-refractivity contribution in [3.05, 3.63) is 99.8 Å². The molecule has 0 fully saturated rings. The molecule has 0 spiro atoms. The molecule has 3 aromatic rings. The Morgan fingerprint density at radius 3 is 2.48 bits per heavy atom. The number of ether oxygens (including phenoxy) is 1. The second kappa shape index (κ2) is 10.0. The topological polar surface area (TPSA) is 79.2 Å². The number of benzene rings is 2. The van der Waals surface area contributed by atoms with Crippen molar-refractivity contribution < 1.29 is 14.3 Å². The van der Waals surface area contributed by atoms with Crippen molar-refractivity contribution in [3.63, 3.8) is 0 Å². The van der Waals surface area contributed by atoms with E-state index in [1.807, 2.05) is 53.9 Å². The average Bonchev–Trinajstić information content (AvgIpc) is 3.30. The predicted molar refractivity (Wildman–Crippen MR) is 112 cm³/mol. The van der Waals surface area contributed by atoms with E-state index < -0.39 is 5.97 Å². The van der Waals surface area contributed by atoms with Crippen LogP contribution in [0.5, 0.6) is 0 Å². The Morgan fingerprint density at radius 2 is 1.83 bits per heavy atom. The first-order valence-electron chi connectivity index (χ1n) is 8.88. The Balaban J connectivity index is 1.55. The smallest absolute Gasteiger partial charge is 0.331 e. The summed E-state index contributed by atoms with van der Waals surface area (Å²) in [7, 11) is 0. The van der Waals surface area contributed by atoms with Crippen LogP contribution in [-0.4, -0.2) is 18.5 Å². The summed E-state index contributed by atoms with van der Waals surface area (Å²) >= 11 is 1.55. The molecular formula is C23H18N2O3S. The van der Waals surface area contributed by atoms with E-state index in [1.165, 1.54) is 6.08 Å². The summed E-state index contributed by atoms with van der Waals surface area (Å²) in [6, 6.07) is 22.0. The van der Waals surface area contributed by atoms with Gasteiger partial charge in [-0.1, -0.05) is 48.5 Å². The monoisotopic (exact) mass is 402 g/mol. The first kappa shape index (κ1) is 20.1. The minimum atomic E-state index is -0.614. The van der Waals surface area contributed by atoms with Gasteiger partial charge in [-0.15, -0.1) is 11.3 Å². The molecule has 3 rings (SSSR count). The number of carbonyl (C=O) groups excluding carboxylic acids is 2. The standard InChI is InChI=1S/C23H18N2O3S/c24-15-18-10-8-17(9-11-18)12-13-22(27)28-16-21(26)25-23(20-7-4-14-29-20)19-5-2-1-3-6-19/h1-14,23H,16H2,(H,25,26)/b13-12+/t23-/m1/s1. The lowest BCUT2D eigenvalue weighted by Crippen LogP contribution is -2.32. The van der Waals surface area contributed by atoms with Gasteiger partial charge in [-0.3, -0.25) is 4.79 Å². The number of nitriles is 1. The Bertz CT molecular complexity index is 1020. The summed E-state index contributed by atoms with van der Waals surface area (Å²) in [6.07, 6.45) is 2.82. The molecule has 0 unspecified atom stereocenters. The Labute approximate surface area is 172 Å². The first-order valence-corrected chi connectivity index (χ1v) is 9.76. The summed E-state index contributed by atoms with van der Waals surface area (Å²) in [5.74, 6) is -0.996. The SMILES string of the molecule is N#Cc1ccc(/C=C/C(=O)OCC(=O)N[C@H](c2ccccc2)c2cccs2)cc1.